The molecule has 1 atom stereocenters. The minimum absolute atomic E-state index is 0.0701. The molecule has 122 valence electrons. The maximum absolute atomic E-state index is 12.2. The first-order valence-electron chi connectivity index (χ1n) is 6.88. The highest BCUT2D eigenvalue weighted by molar-refractivity contribution is 6.25. The Morgan fingerprint density at radius 2 is 1.74 bits per heavy atom. The molecule has 0 bridgehead atoms. The first-order chi connectivity index (χ1) is 11.0. The van der Waals surface area contributed by atoms with Gasteiger partial charge in [0.15, 0.2) is 0 Å². The molecule has 0 fully saturated rings. The minimum atomic E-state index is -1.40. The van der Waals surface area contributed by atoms with E-state index in [-0.39, 0.29) is 23.5 Å². The van der Waals surface area contributed by atoms with Crippen molar-refractivity contribution in [3.05, 3.63) is 35.4 Å². The fourth-order valence-electron chi connectivity index (χ4n) is 2.26. The van der Waals surface area contributed by atoms with Crippen LogP contribution in [0.5, 0.6) is 5.75 Å². The Labute approximate surface area is 132 Å². The van der Waals surface area contributed by atoms with Gasteiger partial charge in [-0.3, -0.25) is 0 Å². The molecule has 1 aromatic carbocycles. The Morgan fingerprint density at radius 3 is 2.35 bits per heavy atom. The van der Waals surface area contributed by atoms with E-state index in [0.717, 1.165) is 7.11 Å². The van der Waals surface area contributed by atoms with E-state index in [0.29, 0.717) is 5.56 Å². The average molecular weight is 320 g/mol. The summed E-state index contributed by atoms with van der Waals surface area (Å²) in [5.74, 6) is -2.14. The Hall–Kier alpha value is -2.83. The SMILES string of the molecule is CCOC(=O)C1Oc2ccccc2C(C(=O)OC)=C1C(=O)OC. The van der Waals surface area contributed by atoms with E-state index < -0.39 is 24.0 Å². The third-order valence-electron chi connectivity index (χ3n) is 3.23. The summed E-state index contributed by atoms with van der Waals surface area (Å²) in [7, 11) is 2.33. The molecule has 7 nitrogen and oxygen atoms in total. The summed E-state index contributed by atoms with van der Waals surface area (Å²) in [4.78, 5) is 36.5. The van der Waals surface area contributed by atoms with Crippen molar-refractivity contribution < 1.29 is 33.3 Å². The maximum Gasteiger partial charge on any atom is 0.352 e. The largest absolute Gasteiger partial charge is 0.473 e. The maximum atomic E-state index is 12.2. The zero-order chi connectivity index (χ0) is 17.0. The lowest BCUT2D eigenvalue weighted by molar-refractivity contribution is -0.152. The number of fused-ring (bicyclic) bond motifs is 1. The number of ether oxygens (including phenoxy) is 4. The van der Waals surface area contributed by atoms with Crippen molar-refractivity contribution in [1.82, 2.24) is 0 Å². The van der Waals surface area contributed by atoms with Crippen molar-refractivity contribution in [1.29, 1.82) is 0 Å². The van der Waals surface area contributed by atoms with Crippen molar-refractivity contribution in [2.45, 2.75) is 13.0 Å². The van der Waals surface area contributed by atoms with Gasteiger partial charge in [0, 0.05) is 5.56 Å². The number of esters is 3. The lowest BCUT2D eigenvalue weighted by Crippen LogP contribution is -2.39. The molecule has 0 saturated carbocycles. The van der Waals surface area contributed by atoms with Crippen LogP contribution in [0.25, 0.3) is 5.57 Å². The second-order valence-electron chi connectivity index (χ2n) is 4.52. The second-order valence-corrected chi connectivity index (χ2v) is 4.52. The summed E-state index contributed by atoms with van der Waals surface area (Å²) in [6.07, 6.45) is -1.40. The Balaban J connectivity index is 2.70. The summed E-state index contributed by atoms with van der Waals surface area (Å²) in [5.41, 5.74) is 0.0380. The number of rotatable bonds is 4. The molecule has 0 amide bonds. The van der Waals surface area contributed by atoms with Gasteiger partial charge in [0.25, 0.3) is 0 Å². The predicted octanol–water partition coefficient (Wildman–Crippen LogP) is 1.11. The van der Waals surface area contributed by atoms with Crippen molar-refractivity contribution in [3.63, 3.8) is 0 Å². The first kappa shape index (κ1) is 16.5. The van der Waals surface area contributed by atoms with Gasteiger partial charge in [0.2, 0.25) is 6.10 Å². The lowest BCUT2D eigenvalue weighted by atomic mass is 9.92. The molecule has 0 spiro atoms. The number of carbonyl (C=O) groups excluding carboxylic acids is 3. The zero-order valence-corrected chi connectivity index (χ0v) is 13.0. The Kier molecular flexibility index (Phi) is 5.00. The number of benzene rings is 1. The molecule has 0 aromatic heterocycles. The van der Waals surface area contributed by atoms with Crippen LogP contribution in [0.15, 0.2) is 29.8 Å². The molecule has 0 aliphatic carbocycles. The van der Waals surface area contributed by atoms with Gasteiger partial charge in [-0.05, 0) is 13.0 Å². The van der Waals surface area contributed by atoms with E-state index >= 15 is 0 Å². The van der Waals surface area contributed by atoms with Crippen molar-refractivity contribution in [2.75, 3.05) is 20.8 Å². The van der Waals surface area contributed by atoms with Crippen LogP contribution in [0.1, 0.15) is 12.5 Å². The van der Waals surface area contributed by atoms with Gasteiger partial charge in [-0.15, -0.1) is 0 Å². The van der Waals surface area contributed by atoms with Crippen LogP contribution in [-0.4, -0.2) is 44.8 Å². The summed E-state index contributed by atoms with van der Waals surface area (Å²) >= 11 is 0. The molecule has 7 heteroatoms. The predicted molar refractivity (Wildman–Crippen MR) is 78.4 cm³/mol. The van der Waals surface area contributed by atoms with Crippen LogP contribution in [-0.2, 0) is 28.6 Å². The minimum Gasteiger partial charge on any atom is -0.473 e. The quantitative estimate of drug-likeness (QED) is 0.606. The van der Waals surface area contributed by atoms with Gasteiger partial charge in [0.1, 0.15) is 11.3 Å². The molecule has 0 radical (unpaired) electrons. The highest BCUT2D eigenvalue weighted by Crippen LogP contribution is 2.37. The van der Waals surface area contributed by atoms with E-state index in [2.05, 4.69) is 0 Å². The van der Waals surface area contributed by atoms with Crippen molar-refractivity contribution in [3.8, 4) is 5.75 Å². The highest BCUT2D eigenvalue weighted by atomic mass is 16.6. The molecule has 0 N–H and O–H groups in total. The topological polar surface area (TPSA) is 88.1 Å². The fraction of sp³-hybridized carbons (Fsp3) is 0.312. The zero-order valence-electron chi connectivity index (χ0n) is 13.0. The number of methoxy groups -OCH3 is 2. The van der Waals surface area contributed by atoms with E-state index in [1.54, 1.807) is 31.2 Å². The monoisotopic (exact) mass is 320 g/mol. The van der Waals surface area contributed by atoms with E-state index in [9.17, 15) is 14.4 Å². The van der Waals surface area contributed by atoms with Gasteiger partial charge in [-0.25, -0.2) is 14.4 Å². The van der Waals surface area contributed by atoms with Crippen LogP contribution >= 0.6 is 0 Å². The van der Waals surface area contributed by atoms with Crippen LogP contribution in [0.4, 0.5) is 0 Å². The number of hydrogen-bond acceptors (Lipinski definition) is 7. The molecule has 0 saturated heterocycles. The Bertz CT molecular complexity index is 675. The van der Waals surface area contributed by atoms with Gasteiger partial charge in [0.05, 0.1) is 26.4 Å². The summed E-state index contributed by atoms with van der Waals surface area (Å²) in [5, 5.41) is 0. The third kappa shape index (κ3) is 3.03. The summed E-state index contributed by atoms with van der Waals surface area (Å²) < 4.78 is 19.9. The Morgan fingerprint density at radius 1 is 1.09 bits per heavy atom. The number of hydrogen-bond donors (Lipinski definition) is 0. The standard InChI is InChI=1S/C16H16O7/c1-4-22-16(19)13-12(15(18)21-3)11(14(17)20-2)9-7-5-6-8-10(9)23-13/h5-8,13H,4H2,1-3H3. The van der Waals surface area contributed by atoms with Gasteiger partial charge in [-0.1, -0.05) is 18.2 Å². The molecular formula is C16H16O7. The molecule has 1 unspecified atom stereocenters. The van der Waals surface area contributed by atoms with Crippen LogP contribution in [0.2, 0.25) is 0 Å². The van der Waals surface area contributed by atoms with Crippen molar-refractivity contribution in [2.24, 2.45) is 0 Å². The smallest absolute Gasteiger partial charge is 0.352 e. The van der Waals surface area contributed by atoms with Gasteiger partial charge in [-0.2, -0.15) is 0 Å². The van der Waals surface area contributed by atoms with Crippen LogP contribution in [0.3, 0.4) is 0 Å². The molecule has 1 aliphatic rings. The van der Waals surface area contributed by atoms with Gasteiger partial charge >= 0.3 is 17.9 Å². The van der Waals surface area contributed by atoms with E-state index in [4.69, 9.17) is 18.9 Å². The highest BCUT2D eigenvalue weighted by Gasteiger charge is 2.41. The molecule has 2 rings (SSSR count). The average Bonchev–Trinajstić information content (AvgIpc) is 2.58. The lowest BCUT2D eigenvalue weighted by Gasteiger charge is -2.27. The molecule has 1 aromatic rings. The summed E-state index contributed by atoms with van der Waals surface area (Å²) in [6, 6.07) is 6.52. The summed E-state index contributed by atoms with van der Waals surface area (Å²) in [6.45, 7) is 1.72. The molecule has 1 heterocycles. The molecular weight excluding hydrogens is 304 g/mol. The van der Waals surface area contributed by atoms with E-state index in [1.165, 1.54) is 7.11 Å². The van der Waals surface area contributed by atoms with Crippen LogP contribution < -0.4 is 4.74 Å². The van der Waals surface area contributed by atoms with Crippen LogP contribution in [0, 0.1) is 0 Å². The normalized spacial score (nSPS) is 16.0. The fourth-order valence-corrected chi connectivity index (χ4v) is 2.26. The molecule has 1 aliphatic heterocycles. The second kappa shape index (κ2) is 6.95. The third-order valence-corrected chi connectivity index (χ3v) is 3.23. The first-order valence-corrected chi connectivity index (χ1v) is 6.88. The van der Waals surface area contributed by atoms with E-state index in [1.807, 2.05) is 0 Å². The molecule has 23 heavy (non-hydrogen) atoms. The van der Waals surface area contributed by atoms with Crippen molar-refractivity contribution >= 4 is 23.5 Å². The number of carbonyl (C=O) groups is 3. The number of para-hydroxylation sites is 1. The van der Waals surface area contributed by atoms with Gasteiger partial charge < -0.3 is 18.9 Å².